The van der Waals surface area contributed by atoms with Crippen molar-refractivity contribution in [2.45, 2.75) is 59.3 Å². The Bertz CT molecular complexity index is 320. The summed E-state index contributed by atoms with van der Waals surface area (Å²) < 4.78 is 0. The van der Waals surface area contributed by atoms with E-state index in [1.165, 1.54) is 49.7 Å². The van der Waals surface area contributed by atoms with Crippen LogP contribution in [0.25, 0.3) is 0 Å². The van der Waals surface area contributed by atoms with E-state index in [1.54, 1.807) is 0 Å². The molecule has 3 heteroatoms. The molecule has 1 N–H and O–H groups in total. The van der Waals surface area contributed by atoms with Crippen molar-refractivity contribution in [2.75, 3.05) is 32.7 Å². The lowest BCUT2D eigenvalue weighted by Crippen LogP contribution is -2.30. The van der Waals surface area contributed by atoms with E-state index in [1.807, 2.05) is 6.92 Å². The first-order valence-corrected chi connectivity index (χ1v) is 9.04. The first kappa shape index (κ1) is 21.5. The molecule has 0 aromatic rings. The number of hydrogen-bond acceptors (Lipinski definition) is 3. The van der Waals surface area contributed by atoms with Crippen molar-refractivity contribution in [3.05, 3.63) is 24.3 Å². The molecule has 0 aliphatic carbocycles. The van der Waals surface area contributed by atoms with Gasteiger partial charge in [0.15, 0.2) is 0 Å². The van der Waals surface area contributed by atoms with E-state index in [-0.39, 0.29) is 0 Å². The van der Waals surface area contributed by atoms with Gasteiger partial charge in [0, 0.05) is 24.5 Å². The van der Waals surface area contributed by atoms with Crippen molar-refractivity contribution in [1.82, 2.24) is 10.2 Å². The first-order chi connectivity index (χ1) is 10.4. The molecule has 0 spiro atoms. The van der Waals surface area contributed by atoms with Crippen LogP contribution in [0.5, 0.6) is 0 Å². The van der Waals surface area contributed by atoms with Crippen LogP contribution in [0.3, 0.4) is 0 Å². The molecule has 0 fully saturated rings. The Morgan fingerprint density at radius 3 is 2.00 bits per heavy atom. The van der Waals surface area contributed by atoms with Gasteiger partial charge in [-0.1, -0.05) is 62.2 Å². The third-order valence-corrected chi connectivity index (χ3v) is 3.57. The van der Waals surface area contributed by atoms with E-state index in [2.05, 4.69) is 37.2 Å². The highest BCUT2D eigenvalue weighted by Gasteiger charge is 2.05. The molecule has 0 heterocycles. The van der Waals surface area contributed by atoms with Crippen molar-refractivity contribution in [3.8, 4) is 0 Å². The molecule has 0 rings (SSSR count). The normalized spacial score (nSPS) is 10.9. The van der Waals surface area contributed by atoms with Gasteiger partial charge in [-0.3, -0.25) is 4.90 Å². The molecule has 0 radical (unpaired) electrons. The Labute approximate surface area is 144 Å². The van der Waals surface area contributed by atoms with E-state index in [0.717, 1.165) is 37.6 Å². The molecule has 0 aliphatic rings. The summed E-state index contributed by atoms with van der Waals surface area (Å²) in [4.78, 5) is 3.50. The van der Waals surface area contributed by atoms with E-state index in [9.17, 15) is 0 Å². The molecule has 0 saturated carbocycles. The van der Waals surface area contributed by atoms with E-state index in [4.69, 9.17) is 12.2 Å². The second-order valence-electron chi connectivity index (χ2n) is 6.62. The topological polar surface area (TPSA) is 15.3 Å². The largest absolute Gasteiger partial charge is 0.313 e. The molecule has 0 atom stereocenters. The summed E-state index contributed by atoms with van der Waals surface area (Å²) in [6.45, 7) is 19.2. The molecular weight excluding hydrogens is 288 g/mol. The van der Waals surface area contributed by atoms with Crippen molar-refractivity contribution >= 4 is 17.1 Å². The third-order valence-electron chi connectivity index (χ3n) is 3.44. The third kappa shape index (κ3) is 15.9. The minimum Gasteiger partial charge on any atom is -0.313 e. The van der Waals surface area contributed by atoms with Crippen molar-refractivity contribution in [3.63, 3.8) is 0 Å². The highest BCUT2D eigenvalue weighted by molar-refractivity contribution is 7.80. The fourth-order valence-corrected chi connectivity index (χ4v) is 2.69. The Balaban J connectivity index is 3.50. The lowest BCUT2D eigenvalue weighted by Gasteiger charge is -2.21. The smallest absolute Gasteiger partial charge is 0.0297 e. The van der Waals surface area contributed by atoms with Crippen molar-refractivity contribution in [1.29, 1.82) is 0 Å². The second kappa shape index (κ2) is 14.1. The van der Waals surface area contributed by atoms with Crippen LogP contribution in [0.1, 0.15) is 59.3 Å². The maximum Gasteiger partial charge on any atom is 0.0297 e. The fourth-order valence-electron chi connectivity index (χ4n) is 2.50. The lowest BCUT2D eigenvalue weighted by molar-refractivity contribution is 0.327. The maximum atomic E-state index is 5.23. The van der Waals surface area contributed by atoms with Crippen LogP contribution in [0.2, 0.25) is 0 Å². The van der Waals surface area contributed by atoms with Crippen LogP contribution in [0.4, 0.5) is 0 Å². The summed E-state index contributed by atoms with van der Waals surface area (Å²) in [7, 11) is 0. The van der Waals surface area contributed by atoms with Gasteiger partial charge in [0.25, 0.3) is 0 Å². The summed E-state index contributed by atoms with van der Waals surface area (Å²) in [6, 6.07) is 0. The van der Waals surface area contributed by atoms with Gasteiger partial charge >= 0.3 is 0 Å². The number of nitrogens with one attached hydrogen (secondary N) is 1. The van der Waals surface area contributed by atoms with Gasteiger partial charge in [-0.05, 0) is 46.7 Å². The van der Waals surface area contributed by atoms with E-state index >= 15 is 0 Å². The van der Waals surface area contributed by atoms with Gasteiger partial charge in [-0.2, -0.15) is 0 Å². The summed E-state index contributed by atoms with van der Waals surface area (Å²) in [5, 5.41) is 3.41. The molecular formula is C19H36N2S. The number of nitrogens with zero attached hydrogens (tertiary/aromatic N) is 1. The molecule has 0 aliphatic heterocycles. The maximum absolute atomic E-state index is 5.23. The van der Waals surface area contributed by atoms with Crippen LogP contribution in [0.15, 0.2) is 24.3 Å². The first-order valence-electron chi connectivity index (χ1n) is 8.63. The molecule has 0 bridgehead atoms. The second-order valence-corrected chi connectivity index (χ2v) is 7.32. The molecule has 0 aromatic heterocycles. The zero-order chi connectivity index (χ0) is 16.8. The molecule has 0 unspecified atom stereocenters. The van der Waals surface area contributed by atoms with Crippen molar-refractivity contribution in [2.24, 2.45) is 0 Å². The minimum absolute atomic E-state index is 0.927. The van der Waals surface area contributed by atoms with Crippen LogP contribution in [-0.2, 0) is 0 Å². The van der Waals surface area contributed by atoms with E-state index in [0.29, 0.717) is 0 Å². The van der Waals surface area contributed by atoms with Gasteiger partial charge < -0.3 is 5.32 Å². The monoisotopic (exact) mass is 324 g/mol. The van der Waals surface area contributed by atoms with Gasteiger partial charge in [0.1, 0.15) is 0 Å². The zero-order valence-corrected chi connectivity index (χ0v) is 15.9. The average molecular weight is 325 g/mol. The molecule has 128 valence electrons. The number of thiocarbonyl (C=S) groups is 1. The standard InChI is InChI=1S/C19H36N2S/c1-17(2)14-20-12-10-8-6-7-9-11-13-21(15-18(3)4)16-19(5)22/h20H,1,3,6-16H2,2,4-5H3. The number of unbranched alkanes of at least 4 members (excludes halogenated alkanes) is 5. The Morgan fingerprint density at radius 2 is 1.45 bits per heavy atom. The van der Waals surface area contributed by atoms with Gasteiger partial charge in [-0.15, -0.1) is 0 Å². The summed E-state index contributed by atoms with van der Waals surface area (Å²) in [5.74, 6) is 0. The highest BCUT2D eigenvalue weighted by atomic mass is 32.1. The molecule has 22 heavy (non-hydrogen) atoms. The van der Waals surface area contributed by atoms with Gasteiger partial charge in [0.05, 0.1) is 0 Å². The average Bonchev–Trinajstić information content (AvgIpc) is 2.39. The predicted molar refractivity (Wildman–Crippen MR) is 105 cm³/mol. The SMILES string of the molecule is C=C(C)CNCCCCCCCCN(CC(=C)C)CC(C)=S. The zero-order valence-electron chi connectivity index (χ0n) is 15.0. The van der Waals surface area contributed by atoms with E-state index < -0.39 is 0 Å². The quantitative estimate of drug-likeness (QED) is 0.266. The van der Waals surface area contributed by atoms with Gasteiger partial charge in [0.2, 0.25) is 0 Å². The molecule has 0 aromatic carbocycles. The lowest BCUT2D eigenvalue weighted by atomic mass is 10.1. The van der Waals surface area contributed by atoms with Gasteiger partial charge in [-0.25, -0.2) is 0 Å². The van der Waals surface area contributed by atoms with Crippen LogP contribution in [0, 0.1) is 0 Å². The summed E-state index contributed by atoms with van der Waals surface area (Å²) in [5.41, 5.74) is 2.43. The minimum atomic E-state index is 0.927. The summed E-state index contributed by atoms with van der Waals surface area (Å²) in [6.07, 6.45) is 7.89. The fraction of sp³-hybridized carbons (Fsp3) is 0.737. The number of hydrogen-bond donors (Lipinski definition) is 1. The predicted octanol–water partition coefficient (Wildman–Crippen LogP) is 4.76. The summed E-state index contributed by atoms with van der Waals surface area (Å²) >= 11 is 5.23. The van der Waals surface area contributed by atoms with Crippen LogP contribution < -0.4 is 5.32 Å². The molecule has 0 amide bonds. The number of rotatable bonds is 15. The molecule has 2 nitrogen and oxygen atoms in total. The van der Waals surface area contributed by atoms with Crippen molar-refractivity contribution < 1.29 is 0 Å². The molecule has 0 saturated heterocycles. The van der Waals surface area contributed by atoms with Crippen LogP contribution in [-0.4, -0.2) is 42.5 Å². The highest BCUT2D eigenvalue weighted by Crippen LogP contribution is 2.07. The Morgan fingerprint density at radius 1 is 0.864 bits per heavy atom. The Kier molecular flexibility index (Phi) is 13.8. The van der Waals surface area contributed by atoms with Crippen LogP contribution >= 0.6 is 12.2 Å². The Hall–Kier alpha value is -0.510.